The van der Waals surface area contributed by atoms with Gasteiger partial charge in [-0.3, -0.25) is 4.99 Å². The summed E-state index contributed by atoms with van der Waals surface area (Å²) < 4.78 is 5.90. The first kappa shape index (κ1) is 18.5. The molecule has 3 atom stereocenters. The van der Waals surface area contributed by atoms with Crippen molar-refractivity contribution in [3.05, 3.63) is 34.4 Å². The highest BCUT2D eigenvalue weighted by Crippen LogP contribution is 2.34. The Hall–Kier alpha value is -0.820. The number of halogens is 1. The van der Waals surface area contributed by atoms with Crippen LogP contribution in [0.15, 0.2) is 17.1 Å². The lowest BCUT2D eigenvalue weighted by atomic mass is 9.96. The highest BCUT2D eigenvalue weighted by atomic mass is 127. The zero-order valence-corrected chi connectivity index (χ0v) is 16.8. The third kappa shape index (κ3) is 4.18. The SMILES string of the molecule is CN=C(NCc1c(C)cc(C)cc1C)NC1CC2CCC1O2.I. The van der Waals surface area contributed by atoms with Crippen LogP contribution in [0, 0.1) is 20.8 Å². The van der Waals surface area contributed by atoms with E-state index in [1.165, 1.54) is 35.1 Å². The maximum absolute atomic E-state index is 5.90. The molecule has 0 amide bonds. The van der Waals surface area contributed by atoms with Crippen molar-refractivity contribution in [2.75, 3.05) is 7.05 Å². The average molecular weight is 429 g/mol. The van der Waals surface area contributed by atoms with Crippen molar-refractivity contribution in [2.24, 2.45) is 4.99 Å². The molecule has 3 unspecified atom stereocenters. The van der Waals surface area contributed by atoms with Crippen molar-refractivity contribution in [3.8, 4) is 0 Å². The summed E-state index contributed by atoms with van der Waals surface area (Å²) in [6, 6.07) is 4.89. The largest absolute Gasteiger partial charge is 0.373 e. The standard InChI is InChI=1S/C18H27N3O.HI/c1-11-7-12(2)15(13(3)8-11)10-20-18(19-4)21-16-9-14-5-6-17(16)22-14;/h7-8,14,16-17H,5-6,9-10H2,1-4H3,(H2,19,20,21);1H. The lowest BCUT2D eigenvalue weighted by molar-refractivity contribution is 0.0992. The summed E-state index contributed by atoms with van der Waals surface area (Å²) >= 11 is 0. The number of fused-ring (bicyclic) bond motifs is 2. The van der Waals surface area contributed by atoms with Crippen molar-refractivity contribution in [1.82, 2.24) is 10.6 Å². The van der Waals surface area contributed by atoms with Crippen molar-refractivity contribution in [2.45, 2.75) is 64.8 Å². The lowest BCUT2D eigenvalue weighted by Crippen LogP contribution is -2.47. The molecular formula is C18H28IN3O. The maximum Gasteiger partial charge on any atom is 0.191 e. The molecule has 3 rings (SSSR count). The molecule has 1 aromatic carbocycles. The Labute approximate surface area is 156 Å². The summed E-state index contributed by atoms with van der Waals surface area (Å²) in [5.41, 5.74) is 5.35. The molecule has 0 radical (unpaired) electrons. The van der Waals surface area contributed by atoms with Crippen LogP contribution >= 0.6 is 24.0 Å². The molecule has 0 aliphatic carbocycles. The highest BCUT2D eigenvalue weighted by Gasteiger charge is 2.41. The number of ether oxygens (including phenoxy) is 1. The van der Waals surface area contributed by atoms with Gasteiger partial charge in [0.25, 0.3) is 0 Å². The number of nitrogens with zero attached hydrogens (tertiary/aromatic N) is 1. The average Bonchev–Trinajstić information content (AvgIpc) is 3.07. The van der Waals surface area contributed by atoms with E-state index in [2.05, 4.69) is 48.5 Å². The van der Waals surface area contributed by atoms with Crippen LogP contribution in [0.5, 0.6) is 0 Å². The smallest absolute Gasteiger partial charge is 0.191 e. The number of hydrogen-bond donors (Lipinski definition) is 2. The second kappa shape index (κ2) is 7.83. The van der Waals surface area contributed by atoms with Crippen molar-refractivity contribution < 1.29 is 4.74 Å². The predicted molar refractivity (Wildman–Crippen MR) is 106 cm³/mol. The molecule has 23 heavy (non-hydrogen) atoms. The van der Waals surface area contributed by atoms with Crippen LogP contribution in [0.25, 0.3) is 0 Å². The monoisotopic (exact) mass is 429 g/mol. The molecule has 0 aromatic heterocycles. The van der Waals surface area contributed by atoms with E-state index >= 15 is 0 Å². The van der Waals surface area contributed by atoms with Gasteiger partial charge in [-0.05, 0) is 56.7 Å². The van der Waals surface area contributed by atoms with Gasteiger partial charge >= 0.3 is 0 Å². The number of nitrogens with one attached hydrogen (secondary N) is 2. The fraction of sp³-hybridized carbons (Fsp3) is 0.611. The number of aryl methyl sites for hydroxylation is 3. The minimum atomic E-state index is 0. The third-order valence-corrected chi connectivity index (χ3v) is 4.92. The lowest BCUT2D eigenvalue weighted by Gasteiger charge is -2.23. The molecule has 1 aromatic rings. The van der Waals surface area contributed by atoms with Crippen LogP contribution in [0.4, 0.5) is 0 Å². The number of hydrogen-bond acceptors (Lipinski definition) is 2. The second-order valence-electron chi connectivity index (χ2n) is 6.66. The Morgan fingerprint density at radius 3 is 2.43 bits per heavy atom. The van der Waals surface area contributed by atoms with Crippen LogP contribution in [0.2, 0.25) is 0 Å². The van der Waals surface area contributed by atoms with Gasteiger partial charge < -0.3 is 15.4 Å². The zero-order valence-electron chi connectivity index (χ0n) is 14.5. The summed E-state index contributed by atoms with van der Waals surface area (Å²) in [4.78, 5) is 4.37. The molecule has 2 aliphatic heterocycles. The predicted octanol–water partition coefficient (Wildman–Crippen LogP) is 3.21. The van der Waals surface area contributed by atoms with E-state index in [1.807, 2.05) is 7.05 Å². The molecule has 2 bridgehead atoms. The summed E-state index contributed by atoms with van der Waals surface area (Å²) in [7, 11) is 1.83. The normalized spacial score (nSPS) is 26.1. The summed E-state index contributed by atoms with van der Waals surface area (Å²) in [5, 5.41) is 6.99. The second-order valence-corrected chi connectivity index (χ2v) is 6.66. The first-order chi connectivity index (χ1) is 10.6. The fourth-order valence-corrected chi connectivity index (χ4v) is 3.82. The van der Waals surface area contributed by atoms with Crippen LogP contribution < -0.4 is 10.6 Å². The van der Waals surface area contributed by atoms with E-state index in [4.69, 9.17) is 4.74 Å². The number of aliphatic imine (C=N–C) groups is 1. The van der Waals surface area contributed by atoms with Gasteiger partial charge in [0.2, 0.25) is 0 Å². The Balaban J connectivity index is 0.00000192. The topological polar surface area (TPSA) is 45.7 Å². The van der Waals surface area contributed by atoms with Crippen LogP contribution in [-0.2, 0) is 11.3 Å². The highest BCUT2D eigenvalue weighted by molar-refractivity contribution is 14.0. The molecule has 2 saturated heterocycles. The molecule has 2 aliphatic rings. The minimum Gasteiger partial charge on any atom is -0.373 e. The quantitative estimate of drug-likeness (QED) is 0.441. The Morgan fingerprint density at radius 2 is 1.91 bits per heavy atom. The minimum absolute atomic E-state index is 0. The maximum atomic E-state index is 5.90. The van der Waals surface area contributed by atoms with Gasteiger partial charge in [-0.2, -0.15) is 0 Å². The molecule has 4 nitrogen and oxygen atoms in total. The van der Waals surface area contributed by atoms with E-state index in [9.17, 15) is 0 Å². The molecule has 0 spiro atoms. The van der Waals surface area contributed by atoms with E-state index in [0.717, 1.165) is 18.9 Å². The van der Waals surface area contributed by atoms with Gasteiger partial charge in [0, 0.05) is 13.6 Å². The number of guanidine groups is 1. The molecule has 128 valence electrons. The first-order valence-corrected chi connectivity index (χ1v) is 8.26. The van der Waals surface area contributed by atoms with Crippen molar-refractivity contribution in [3.63, 3.8) is 0 Å². The van der Waals surface area contributed by atoms with E-state index in [1.54, 1.807) is 0 Å². The molecule has 2 fully saturated rings. The van der Waals surface area contributed by atoms with Gasteiger partial charge in [0.05, 0.1) is 18.2 Å². The number of benzene rings is 1. The van der Waals surface area contributed by atoms with Crippen LogP contribution in [0.1, 0.15) is 41.5 Å². The van der Waals surface area contributed by atoms with Gasteiger partial charge in [-0.25, -0.2) is 0 Å². The summed E-state index contributed by atoms with van der Waals surface area (Å²) in [6.07, 6.45) is 4.33. The van der Waals surface area contributed by atoms with E-state index < -0.39 is 0 Å². The molecule has 2 N–H and O–H groups in total. The molecule has 2 heterocycles. The van der Waals surface area contributed by atoms with Gasteiger partial charge in [-0.15, -0.1) is 24.0 Å². The Bertz CT molecular complexity index is 565. The first-order valence-electron chi connectivity index (χ1n) is 8.26. The van der Waals surface area contributed by atoms with Crippen molar-refractivity contribution in [1.29, 1.82) is 0 Å². The molecular weight excluding hydrogens is 401 g/mol. The Morgan fingerprint density at radius 1 is 1.22 bits per heavy atom. The van der Waals surface area contributed by atoms with Crippen LogP contribution in [0.3, 0.4) is 0 Å². The van der Waals surface area contributed by atoms with E-state index in [-0.39, 0.29) is 24.0 Å². The third-order valence-electron chi connectivity index (χ3n) is 4.92. The summed E-state index contributed by atoms with van der Waals surface area (Å²) in [5.74, 6) is 0.875. The van der Waals surface area contributed by atoms with Gasteiger partial charge in [-0.1, -0.05) is 17.7 Å². The van der Waals surface area contributed by atoms with Crippen molar-refractivity contribution >= 4 is 29.9 Å². The van der Waals surface area contributed by atoms with Crippen LogP contribution in [-0.4, -0.2) is 31.3 Å². The van der Waals surface area contributed by atoms with Gasteiger partial charge in [0.15, 0.2) is 5.96 Å². The Kier molecular flexibility index (Phi) is 6.31. The summed E-state index contributed by atoms with van der Waals surface area (Å²) in [6.45, 7) is 7.31. The van der Waals surface area contributed by atoms with E-state index in [0.29, 0.717) is 18.2 Å². The zero-order chi connectivity index (χ0) is 15.7. The van der Waals surface area contributed by atoms with Gasteiger partial charge in [0.1, 0.15) is 0 Å². The molecule has 0 saturated carbocycles. The fourth-order valence-electron chi connectivity index (χ4n) is 3.82. The number of rotatable bonds is 3. The molecule has 5 heteroatoms.